The molecule has 0 radical (unpaired) electrons. The Kier molecular flexibility index (Phi) is 4.74. The fourth-order valence-corrected chi connectivity index (χ4v) is 2.39. The van der Waals surface area contributed by atoms with Crippen LogP contribution < -0.4 is 18.9 Å². The molecule has 3 rings (SSSR count). The van der Waals surface area contributed by atoms with Gasteiger partial charge in [-0.3, -0.25) is 0 Å². The van der Waals surface area contributed by atoms with E-state index in [9.17, 15) is 4.79 Å². The van der Waals surface area contributed by atoms with E-state index in [1.165, 1.54) is 0 Å². The van der Waals surface area contributed by atoms with Gasteiger partial charge in [-0.2, -0.15) is 0 Å². The van der Waals surface area contributed by atoms with Crippen molar-refractivity contribution in [1.82, 2.24) is 0 Å². The molecule has 0 unspecified atom stereocenters. The molecule has 0 N–H and O–H groups in total. The highest BCUT2D eigenvalue weighted by atomic mass is 16.6. The Morgan fingerprint density at radius 1 is 1.00 bits per heavy atom. The SMILES string of the molecule is COc1ccc(OC)c(COC(=O)c2ccc3c(c2)OCCO3)c1. The molecule has 1 aliphatic rings. The Labute approximate surface area is 139 Å². The summed E-state index contributed by atoms with van der Waals surface area (Å²) in [4.78, 5) is 12.3. The zero-order valence-electron chi connectivity index (χ0n) is 13.5. The van der Waals surface area contributed by atoms with Crippen LogP contribution in [-0.4, -0.2) is 33.4 Å². The van der Waals surface area contributed by atoms with Crippen LogP contribution in [0.5, 0.6) is 23.0 Å². The summed E-state index contributed by atoms with van der Waals surface area (Å²) >= 11 is 0. The van der Waals surface area contributed by atoms with Crippen LogP contribution in [0.4, 0.5) is 0 Å². The Balaban J connectivity index is 1.71. The first-order valence-electron chi connectivity index (χ1n) is 7.49. The van der Waals surface area contributed by atoms with Crippen molar-refractivity contribution < 1.29 is 28.5 Å². The van der Waals surface area contributed by atoms with Gasteiger partial charge in [-0.05, 0) is 36.4 Å². The van der Waals surface area contributed by atoms with Gasteiger partial charge in [0.1, 0.15) is 31.3 Å². The Morgan fingerprint density at radius 3 is 2.54 bits per heavy atom. The van der Waals surface area contributed by atoms with Crippen molar-refractivity contribution in [2.75, 3.05) is 27.4 Å². The number of carbonyl (C=O) groups is 1. The maximum atomic E-state index is 12.3. The van der Waals surface area contributed by atoms with E-state index in [4.69, 9.17) is 23.7 Å². The summed E-state index contributed by atoms with van der Waals surface area (Å²) in [5, 5.41) is 0. The van der Waals surface area contributed by atoms with E-state index in [0.29, 0.717) is 41.8 Å². The lowest BCUT2D eigenvalue weighted by molar-refractivity contribution is 0.0469. The Bertz CT molecular complexity index is 740. The molecule has 0 aliphatic carbocycles. The highest BCUT2D eigenvalue weighted by Gasteiger charge is 2.16. The quantitative estimate of drug-likeness (QED) is 0.786. The fourth-order valence-electron chi connectivity index (χ4n) is 2.39. The van der Waals surface area contributed by atoms with Gasteiger partial charge in [0.15, 0.2) is 11.5 Å². The fraction of sp³-hybridized carbons (Fsp3) is 0.278. The lowest BCUT2D eigenvalue weighted by Gasteiger charge is -2.18. The highest BCUT2D eigenvalue weighted by Crippen LogP contribution is 2.31. The van der Waals surface area contributed by atoms with Gasteiger partial charge in [0, 0.05) is 5.56 Å². The second-order valence-corrected chi connectivity index (χ2v) is 5.11. The van der Waals surface area contributed by atoms with Crippen molar-refractivity contribution >= 4 is 5.97 Å². The lowest BCUT2D eigenvalue weighted by Crippen LogP contribution is -2.16. The average Bonchev–Trinajstić information content (AvgIpc) is 2.65. The van der Waals surface area contributed by atoms with Gasteiger partial charge in [-0.1, -0.05) is 0 Å². The zero-order chi connectivity index (χ0) is 16.9. The topological polar surface area (TPSA) is 63.2 Å². The number of benzene rings is 2. The second kappa shape index (κ2) is 7.12. The molecular formula is C18H18O6. The molecule has 0 aromatic heterocycles. The molecule has 6 heteroatoms. The number of rotatable bonds is 5. The maximum absolute atomic E-state index is 12.3. The number of carbonyl (C=O) groups excluding carboxylic acids is 1. The van der Waals surface area contributed by atoms with Crippen molar-refractivity contribution in [3.63, 3.8) is 0 Å². The van der Waals surface area contributed by atoms with E-state index in [2.05, 4.69) is 0 Å². The summed E-state index contributed by atoms with van der Waals surface area (Å²) in [5.41, 5.74) is 1.13. The van der Waals surface area contributed by atoms with E-state index in [1.807, 2.05) is 0 Å². The number of hydrogen-bond acceptors (Lipinski definition) is 6. The summed E-state index contributed by atoms with van der Waals surface area (Å²) in [7, 11) is 3.14. The zero-order valence-corrected chi connectivity index (χ0v) is 13.5. The summed E-state index contributed by atoms with van der Waals surface area (Å²) < 4.78 is 26.7. The number of methoxy groups -OCH3 is 2. The molecule has 126 valence electrons. The molecule has 2 aromatic carbocycles. The smallest absolute Gasteiger partial charge is 0.338 e. The molecule has 24 heavy (non-hydrogen) atoms. The summed E-state index contributed by atoms with van der Waals surface area (Å²) in [6.45, 7) is 1.05. The molecule has 0 spiro atoms. The third-order valence-corrected chi connectivity index (χ3v) is 3.62. The van der Waals surface area contributed by atoms with Crippen molar-refractivity contribution in [1.29, 1.82) is 0 Å². The first kappa shape index (κ1) is 16.0. The molecule has 0 saturated heterocycles. The number of ether oxygens (including phenoxy) is 5. The molecule has 0 fully saturated rings. The number of fused-ring (bicyclic) bond motifs is 1. The third-order valence-electron chi connectivity index (χ3n) is 3.62. The highest BCUT2D eigenvalue weighted by molar-refractivity contribution is 5.90. The van der Waals surface area contributed by atoms with Gasteiger partial charge in [0.05, 0.1) is 19.8 Å². The van der Waals surface area contributed by atoms with Crippen LogP contribution in [0.1, 0.15) is 15.9 Å². The summed E-state index contributed by atoms with van der Waals surface area (Å²) in [6, 6.07) is 10.3. The van der Waals surface area contributed by atoms with E-state index in [-0.39, 0.29) is 6.61 Å². The van der Waals surface area contributed by atoms with Crippen LogP contribution in [-0.2, 0) is 11.3 Å². The molecular weight excluding hydrogens is 312 g/mol. The Morgan fingerprint density at radius 2 is 1.79 bits per heavy atom. The van der Waals surface area contributed by atoms with Crippen molar-refractivity contribution in [2.24, 2.45) is 0 Å². The van der Waals surface area contributed by atoms with Gasteiger partial charge in [0.2, 0.25) is 0 Å². The van der Waals surface area contributed by atoms with Crippen LogP contribution >= 0.6 is 0 Å². The van der Waals surface area contributed by atoms with Crippen LogP contribution in [0.3, 0.4) is 0 Å². The summed E-state index contributed by atoms with van der Waals surface area (Å²) in [6.07, 6.45) is 0. The van der Waals surface area contributed by atoms with Gasteiger partial charge < -0.3 is 23.7 Å². The summed E-state index contributed by atoms with van der Waals surface area (Å²) in [5.74, 6) is 2.03. The number of esters is 1. The molecule has 0 bridgehead atoms. The molecule has 2 aromatic rings. The van der Waals surface area contributed by atoms with Crippen LogP contribution in [0.2, 0.25) is 0 Å². The van der Waals surface area contributed by atoms with Crippen LogP contribution in [0.15, 0.2) is 36.4 Å². The number of hydrogen-bond donors (Lipinski definition) is 0. The van der Waals surface area contributed by atoms with Gasteiger partial charge >= 0.3 is 5.97 Å². The molecule has 6 nitrogen and oxygen atoms in total. The molecule has 0 amide bonds. The second-order valence-electron chi connectivity index (χ2n) is 5.11. The largest absolute Gasteiger partial charge is 0.497 e. The van der Waals surface area contributed by atoms with E-state index < -0.39 is 5.97 Å². The minimum atomic E-state index is -0.447. The normalized spacial score (nSPS) is 12.4. The third kappa shape index (κ3) is 3.37. The monoisotopic (exact) mass is 330 g/mol. The van der Waals surface area contributed by atoms with Crippen molar-refractivity contribution in [3.8, 4) is 23.0 Å². The maximum Gasteiger partial charge on any atom is 0.338 e. The molecule has 1 heterocycles. The van der Waals surface area contributed by atoms with Gasteiger partial charge in [-0.25, -0.2) is 4.79 Å². The molecule has 1 aliphatic heterocycles. The molecule has 0 saturated carbocycles. The minimum Gasteiger partial charge on any atom is -0.497 e. The predicted octanol–water partition coefficient (Wildman–Crippen LogP) is 2.83. The standard InChI is InChI=1S/C18H18O6/c1-20-14-4-6-15(21-2)13(9-14)11-24-18(19)12-3-5-16-17(10-12)23-8-7-22-16/h3-6,9-10H,7-8,11H2,1-2H3. The Hall–Kier alpha value is -2.89. The lowest BCUT2D eigenvalue weighted by atomic mass is 10.2. The van der Waals surface area contributed by atoms with E-state index in [0.717, 1.165) is 5.56 Å². The van der Waals surface area contributed by atoms with E-state index >= 15 is 0 Å². The minimum absolute atomic E-state index is 0.0770. The van der Waals surface area contributed by atoms with Crippen molar-refractivity contribution in [2.45, 2.75) is 6.61 Å². The molecule has 0 atom stereocenters. The first-order chi connectivity index (χ1) is 11.7. The van der Waals surface area contributed by atoms with Crippen LogP contribution in [0, 0.1) is 0 Å². The van der Waals surface area contributed by atoms with Gasteiger partial charge in [0.25, 0.3) is 0 Å². The van der Waals surface area contributed by atoms with Crippen LogP contribution in [0.25, 0.3) is 0 Å². The average molecular weight is 330 g/mol. The van der Waals surface area contributed by atoms with E-state index in [1.54, 1.807) is 50.6 Å². The predicted molar refractivity (Wildman–Crippen MR) is 86.1 cm³/mol. The first-order valence-corrected chi connectivity index (χ1v) is 7.49. The van der Waals surface area contributed by atoms with Crippen molar-refractivity contribution in [3.05, 3.63) is 47.5 Å². The van der Waals surface area contributed by atoms with Gasteiger partial charge in [-0.15, -0.1) is 0 Å².